The highest BCUT2D eigenvalue weighted by atomic mass is 19.1. The van der Waals surface area contributed by atoms with Crippen LogP contribution >= 0.6 is 0 Å². The summed E-state index contributed by atoms with van der Waals surface area (Å²) in [6.45, 7) is 3.49. The lowest BCUT2D eigenvalue weighted by molar-refractivity contribution is -0.131. The summed E-state index contributed by atoms with van der Waals surface area (Å²) >= 11 is 0. The fraction of sp³-hybridized carbons (Fsp3) is 0.812. The first-order chi connectivity index (χ1) is 11.2. The maximum Gasteiger partial charge on any atom is 0.236 e. The fourth-order valence-electron chi connectivity index (χ4n) is 3.90. The molecular weight excluding hydrogens is 297 g/mol. The lowest BCUT2D eigenvalue weighted by Gasteiger charge is -2.24. The van der Waals surface area contributed by atoms with E-state index in [4.69, 9.17) is 0 Å². The molecule has 1 amide bonds. The van der Waals surface area contributed by atoms with Crippen LogP contribution in [0.5, 0.6) is 0 Å². The van der Waals surface area contributed by atoms with Crippen molar-refractivity contribution in [2.45, 2.75) is 63.8 Å². The second kappa shape index (κ2) is 7.38. The third-order valence-corrected chi connectivity index (χ3v) is 5.15. The van der Waals surface area contributed by atoms with Gasteiger partial charge in [0.05, 0.1) is 13.1 Å². The van der Waals surface area contributed by atoms with Crippen LogP contribution in [-0.4, -0.2) is 56.9 Å². The van der Waals surface area contributed by atoms with Crippen molar-refractivity contribution in [3.8, 4) is 0 Å². The van der Waals surface area contributed by atoms with E-state index in [1.165, 1.54) is 0 Å². The third kappa shape index (κ3) is 4.07. The quantitative estimate of drug-likeness (QED) is 0.863. The largest absolute Gasteiger partial charge is 0.336 e. The average Bonchev–Trinajstić information content (AvgIpc) is 3.26. The number of carbonyl (C=O) groups excluding carboxylic acids is 1. The molecule has 1 saturated carbocycles. The van der Waals surface area contributed by atoms with Gasteiger partial charge in [0.15, 0.2) is 0 Å². The van der Waals surface area contributed by atoms with Gasteiger partial charge in [0, 0.05) is 26.5 Å². The number of carbonyl (C=O) groups is 1. The number of hydrogen-bond acceptors (Lipinski definition) is 4. The van der Waals surface area contributed by atoms with E-state index in [-0.39, 0.29) is 19.9 Å². The van der Waals surface area contributed by atoms with Crippen molar-refractivity contribution in [3.05, 3.63) is 12.7 Å². The number of nitrogens with one attached hydrogen (secondary N) is 1. The fourth-order valence-corrected chi connectivity index (χ4v) is 3.90. The molecule has 1 N–H and O–H groups in total. The standard InChI is InChI=1S/C16H26FN5O.H2/c1-2-15-6-13(17)9-22(15)16(23)7-19-14-4-3-12(5-14)8-21-11-18-10-20-21;/h10-15,19H,2-9H2,1H3;1H/t12-,13-,14+,15?;/m0./s1. The van der Waals surface area contributed by atoms with E-state index >= 15 is 0 Å². The van der Waals surface area contributed by atoms with E-state index in [0.717, 1.165) is 32.2 Å². The van der Waals surface area contributed by atoms with Crippen LogP contribution in [0.3, 0.4) is 0 Å². The molecule has 6 nitrogen and oxygen atoms in total. The number of rotatable bonds is 6. The van der Waals surface area contributed by atoms with Gasteiger partial charge in [-0.1, -0.05) is 6.92 Å². The maximum atomic E-state index is 13.5. The summed E-state index contributed by atoms with van der Waals surface area (Å²) in [4.78, 5) is 18.0. The van der Waals surface area contributed by atoms with E-state index in [9.17, 15) is 9.18 Å². The number of alkyl halides is 1. The van der Waals surface area contributed by atoms with Gasteiger partial charge in [0.25, 0.3) is 0 Å². The monoisotopic (exact) mass is 325 g/mol. The van der Waals surface area contributed by atoms with Crippen molar-refractivity contribution < 1.29 is 10.6 Å². The van der Waals surface area contributed by atoms with Gasteiger partial charge in [-0.2, -0.15) is 5.10 Å². The Balaban J connectivity index is 0.00000208. The summed E-state index contributed by atoms with van der Waals surface area (Å²) in [7, 11) is 0. The number of nitrogens with zero attached hydrogens (tertiary/aromatic N) is 4. The van der Waals surface area contributed by atoms with Crippen LogP contribution in [0.4, 0.5) is 4.39 Å². The van der Waals surface area contributed by atoms with Crippen LogP contribution in [0.1, 0.15) is 40.5 Å². The van der Waals surface area contributed by atoms with Gasteiger partial charge in [-0.25, -0.2) is 9.37 Å². The Labute approximate surface area is 137 Å². The molecule has 0 spiro atoms. The first-order valence-electron chi connectivity index (χ1n) is 8.65. The topological polar surface area (TPSA) is 63.1 Å². The summed E-state index contributed by atoms with van der Waals surface area (Å²) in [6.07, 6.45) is 7.03. The minimum absolute atomic E-state index is 0. The molecule has 1 aliphatic heterocycles. The molecule has 0 radical (unpaired) electrons. The molecule has 3 rings (SSSR count). The van der Waals surface area contributed by atoms with Crippen molar-refractivity contribution in [2.24, 2.45) is 5.92 Å². The Morgan fingerprint density at radius 1 is 1.43 bits per heavy atom. The molecule has 1 unspecified atom stereocenters. The van der Waals surface area contributed by atoms with Crippen molar-refractivity contribution in [3.63, 3.8) is 0 Å². The van der Waals surface area contributed by atoms with E-state index in [1.54, 1.807) is 17.6 Å². The highest BCUT2D eigenvalue weighted by molar-refractivity contribution is 5.79. The highest BCUT2D eigenvalue weighted by Gasteiger charge is 2.34. The van der Waals surface area contributed by atoms with Gasteiger partial charge in [-0.3, -0.25) is 9.48 Å². The molecule has 7 heteroatoms. The number of likely N-dealkylation sites (tertiary alicyclic amines) is 1. The van der Waals surface area contributed by atoms with E-state index in [0.29, 0.717) is 24.9 Å². The van der Waals surface area contributed by atoms with Gasteiger partial charge in [0.2, 0.25) is 5.91 Å². The highest BCUT2D eigenvalue weighted by Crippen LogP contribution is 2.27. The Hall–Kier alpha value is -1.50. The number of halogens is 1. The Morgan fingerprint density at radius 3 is 3.04 bits per heavy atom. The number of hydrogen-bond donors (Lipinski definition) is 1. The molecule has 1 aliphatic carbocycles. The molecule has 1 aromatic heterocycles. The predicted molar refractivity (Wildman–Crippen MR) is 86.6 cm³/mol. The van der Waals surface area contributed by atoms with E-state index in [2.05, 4.69) is 15.4 Å². The molecule has 0 bridgehead atoms. The van der Waals surface area contributed by atoms with Crippen LogP contribution in [0, 0.1) is 5.92 Å². The molecule has 2 heterocycles. The van der Waals surface area contributed by atoms with Gasteiger partial charge < -0.3 is 10.2 Å². The predicted octanol–water partition coefficient (Wildman–Crippen LogP) is 1.63. The second-order valence-electron chi connectivity index (χ2n) is 6.82. The van der Waals surface area contributed by atoms with Gasteiger partial charge in [0.1, 0.15) is 18.8 Å². The normalized spacial score (nSPS) is 31.0. The summed E-state index contributed by atoms with van der Waals surface area (Å²) in [5.41, 5.74) is 0. The minimum Gasteiger partial charge on any atom is -0.336 e. The van der Waals surface area contributed by atoms with Crippen molar-refractivity contribution in [1.29, 1.82) is 0 Å². The third-order valence-electron chi connectivity index (χ3n) is 5.15. The molecule has 23 heavy (non-hydrogen) atoms. The van der Waals surface area contributed by atoms with Crippen LogP contribution < -0.4 is 5.32 Å². The zero-order chi connectivity index (χ0) is 16.2. The summed E-state index contributed by atoms with van der Waals surface area (Å²) in [5, 5.41) is 7.51. The SMILES string of the molecule is CCC1C[C@H](F)CN1C(=O)CN[C@@H]1CC[C@H](Cn2cncn2)C1.[HH]. The first-order valence-corrected chi connectivity index (χ1v) is 8.65. The van der Waals surface area contributed by atoms with Crippen molar-refractivity contribution >= 4 is 5.91 Å². The summed E-state index contributed by atoms with van der Waals surface area (Å²) < 4.78 is 15.4. The molecule has 1 saturated heterocycles. The zero-order valence-electron chi connectivity index (χ0n) is 13.7. The average molecular weight is 325 g/mol. The first kappa shape index (κ1) is 16.4. The number of aromatic nitrogens is 3. The summed E-state index contributed by atoms with van der Waals surface area (Å²) in [5.74, 6) is 0.617. The second-order valence-corrected chi connectivity index (χ2v) is 6.82. The summed E-state index contributed by atoms with van der Waals surface area (Å²) in [6, 6.07) is 0.444. The molecular formula is C16H28FN5O. The number of amides is 1. The maximum absolute atomic E-state index is 13.5. The zero-order valence-corrected chi connectivity index (χ0v) is 13.7. The molecule has 1 aromatic rings. The molecule has 2 aliphatic rings. The smallest absolute Gasteiger partial charge is 0.236 e. The van der Waals surface area contributed by atoms with Gasteiger partial charge >= 0.3 is 0 Å². The minimum atomic E-state index is -0.859. The molecule has 0 aromatic carbocycles. The Morgan fingerprint density at radius 2 is 2.30 bits per heavy atom. The van der Waals surface area contributed by atoms with Gasteiger partial charge in [-0.05, 0) is 31.6 Å². The van der Waals surface area contributed by atoms with Crippen LogP contribution in [0.2, 0.25) is 0 Å². The van der Waals surface area contributed by atoms with E-state index in [1.807, 2.05) is 11.6 Å². The Bertz CT molecular complexity index is 515. The lowest BCUT2D eigenvalue weighted by Crippen LogP contribution is -2.43. The van der Waals surface area contributed by atoms with Crippen LogP contribution in [-0.2, 0) is 11.3 Å². The van der Waals surface area contributed by atoms with Gasteiger partial charge in [-0.15, -0.1) is 0 Å². The lowest BCUT2D eigenvalue weighted by atomic mass is 10.1. The van der Waals surface area contributed by atoms with E-state index < -0.39 is 6.17 Å². The molecule has 130 valence electrons. The molecule has 4 atom stereocenters. The van der Waals surface area contributed by atoms with Crippen LogP contribution in [0.25, 0.3) is 0 Å². The van der Waals surface area contributed by atoms with Crippen LogP contribution in [0.15, 0.2) is 12.7 Å². The molecule has 2 fully saturated rings. The van der Waals surface area contributed by atoms with Crippen molar-refractivity contribution in [2.75, 3.05) is 13.1 Å². The van der Waals surface area contributed by atoms with Crippen molar-refractivity contribution in [1.82, 2.24) is 25.0 Å². The Kier molecular flexibility index (Phi) is 5.25.